The molecule has 0 radical (unpaired) electrons. The fourth-order valence-electron chi connectivity index (χ4n) is 2.73. The quantitative estimate of drug-likeness (QED) is 0.501. The summed E-state index contributed by atoms with van der Waals surface area (Å²) < 4.78 is 1.07. The van der Waals surface area contributed by atoms with E-state index in [0.29, 0.717) is 5.95 Å². The minimum Gasteiger partial charge on any atom is -0.323 e. The number of pyridine rings is 1. The van der Waals surface area contributed by atoms with Crippen LogP contribution in [0.1, 0.15) is 5.69 Å². The Bertz CT molecular complexity index is 1030. The lowest BCUT2D eigenvalue weighted by molar-refractivity contribution is 1.15. The van der Waals surface area contributed by atoms with Crippen LogP contribution >= 0.6 is 15.9 Å². The molecule has 122 valence electrons. The minimum atomic E-state index is 0.578. The van der Waals surface area contributed by atoms with Gasteiger partial charge in [-0.1, -0.05) is 34.1 Å². The van der Waals surface area contributed by atoms with Crippen LogP contribution in [-0.2, 0) is 0 Å². The predicted molar refractivity (Wildman–Crippen MR) is 105 cm³/mol. The maximum atomic E-state index is 4.62. The summed E-state index contributed by atoms with van der Waals surface area (Å²) in [7, 11) is 0. The molecule has 0 fully saturated rings. The van der Waals surface area contributed by atoms with E-state index >= 15 is 0 Å². The molecule has 2 aromatic carbocycles. The summed E-state index contributed by atoms with van der Waals surface area (Å²) in [6, 6.07) is 18.4. The number of fused-ring (bicyclic) bond motifs is 1. The molecule has 0 unspecified atom stereocenters. The second kappa shape index (κ2) is 6.61. The third kappa shape index (κ3) is 3.37. The van der Waals surface area contributed by atoms with E-state index < -0.39 is 0 Å². The van der Waals surface area contributed by atoms with Gasteiger partial charge in [0.25, 0.3) is 0 Å². The molecule has 5 heteroatoms. The molecule has 25 heavy (non-hydrogen) atoms. The third-order valence-corrected chi connectivity index (χ3v) is 4.51. The van der Waals surface area contributed by atoms with Crippen molar-refractivity contribution in [2.45, 2.75) is 6.92 Å². The molecule has 4 nitrogen and oxygen atoms in total. The first-order valence-corrected chi connectivity index (χ1v) is 8.70. The lowest BCUT2D eigenvalue weighted by Crippen LogP contribution is -2.00. The molecule has 0 aliphatic rings. The zero-order valence-corrected chi connectivity index (χ0v) is 15.2. The smallest absolute Gasteiger partial charge is 0.228 e. The molecule has 0 aliphatic heterocycles. The Morgan fingerprint density at radius 2 is 1.72 bits per heavy atom. The summed E-state index contributed by atoms with van der Waals surface area (Å²) in [5.74, 6) is 0.578. The standard InChI is InChI=1S/C20H15BrN4/c1-13-18-11-15(14-4-7-16(21)8-5-14)6-9-19(18)25-20(23-13)24-17-3-2-10-22-12-17/h2-12H,1H3,(H,23,24,25). The normalized spacial score (nSPS) is 10.8. The molecule has 0 amide bonds. The molecular weight excluding hydrogens is 376 g/mol. The summed E-state index contributed by atoms with van der Waals surface area (Å²) >= 11 is 3.47. The van der Waals surface area contributed by atoms with Gasteiger partial charge in [-0.15, -0.1) is 0 Å². The van der Waals surface area contributed by atoms with Crippen molar-refractivity contribution < 1.29 is 0 Å². The van der Waals surface area contributed by atoms with Crippen molar-refractivity contribution in [2.24, 2.45) is 0 Å². The van der Waals surface area contributed by atoms with Gasteiger partial charge >= 0.3 is 0 Å². The second-order valence-electron chi connectivity index (χ2n) is 5.74. The molecule has 0 aliphatic carbocycles. The molecule has 4 aromatic rings. The first-order chi connectivity index (χ1) is 12.2. The van der Waals surface area contributed by atoms with Crippen LogP contribution in [0.5, 0.6) is 0 Å². The molecule has 2 aromatic heterocycles. The highest BCUT2D eigenvalue weighted by molar-refractivity contribution is 9.10. The molecule has 0 saturated heterocycles. The SMILES string of the molecule is Cc1nc(Nc2cccnc2)nc2ccc(-c3ccc(Br)cc3)cc12. The van der Waals surface area contributed by atoms with Crippen LogP contribution in [0.15, 0.2) is 71.5 Å². The van der Waals surface area contributed by atoms with E-state index in [1.807, 2.05) is 37.3 Å². The van der Waals surface area contributed by atoms with Gasteiger partial charge in [-0.2, -0.15) is 0 Å². The first kappa shape index (κ1) is 15.7. The Hall–Kier alpha value is -2.79. The van der Waals surface area contributed by atoms with Crippen LogP contribution in [0.3, 0.4) is 0 Å². The highest BCUT2D eigenvalue weighted by Crippen LogP contribution is 2.27. The van der Waals surface area contributed by atoms with Crippen LogP contribution in [0.25, 0.3) is 22.0 Å². The van der Waals surface area contributed by atoms with Gasteiger partial charge in [0.2, 0.25) is 5.95 Å². The topological polar surface area (TPSA) is 50.7 Å². The lowest BCUT2D eigenvalue weighted by atomic mass is 10.0. The number of hydrogen-bond acceptors (Lipinski definition) is 4. The van der Waals surface area contributed by atoms with E-state index in [-0.39, 0.29) is 0 Å². The fraction of sp³-hybridized carbons (Fsp3) is 0.0500. The number of hydrogen-bond donors (Lipinski definition) is 1. The molecular formula is C20H15BrN4. The molecule has 0 bridgehead atoms. The number of rotatable bonds is 3. The minimum absolute atomic E-state index is 0.578. The number of benzene rings is 2. The summed E-state index contributed by atoms with van der Waals surface area (Å²) in [4.78, 5) is 13.3. The van der Waals surface area contributed by atoms with Gasteiger partial charge in [0, 0.05) is 16.1 Å². The summed E-state index contributed by atoms with van der Waals surface area (Å²) in [5, 5.41) is 4.25. The van der Waals surface area contributed by atoms with Gasteiger partial charge < -0.3 is 5.32 Å². The second-order valence-corrected chi connectivity index (χ2v) is 6.65. The van der Waals surface area contributed by atoms with Crippen molar-refractivity contribution in [3.05, 3.63) is 77.2 Å². The lowest BCUT2D eigenvalue weighted by Gasteiger charge is -2.09. The number of nitrogens with zero attached hydrogens (tertiary/aromatic N) is 3. The van der Waals surface area contributed by atoms with Gasteiger partial charge in [-0.3, -0.25) is 4.98 Å². The van der Waals surface area contributed by atoms with Gasteiger partial charge in [0.05, 0.1) is 23.1 Å². The molecule has 2 heterocycles. The van der Waals surface area contributed by atoms with Crippen molar-refractivity contribution in [1.29, 1.82) is 0 Å². The van der Waals surface area contributed by atoms with E-state index in [9.17, 15) is 0 Å². The van der Waals surface area contributed by atoms with Crippen LogP contribution < -0.4 is 5.32 Å². The van der Waals surface area contributed by atoms with Crippen LogP contribution in [0, 0.1) is 6.92 Å². The van der Waals surface area contributed by atoms with Gasteiger partial charge in [0.1, 0.15) is 0 Å². The van der Waals surface area contributed by atoms with E-state index in [2.05, 4.69) is 60.5 Å². The van der Waals surface area contributed by atoms with E-state index in [1.54, 1.807) is 12.4 Å². The van der Waals surface area contributed by atoms with E-state index in [0.717, 1.165) is 32.3 Å². The maximum Gasteiger partial charge on any atom is 0.228 e. The molecule has 4 rings (SSSR count). The fourth-order valence-corrected chi connectivity index (χ4v) is 2.99. The average Bonchev–Trinajstić information content (AvgIpc) is 2.63. The van der Waals surface area contributed by atoms with Crippen molar-refractivity contribution in [1.82, 2.24) is 15.0 Å². The monoisotopic (exact) mass is 390 g/mol. The van der Waals surface area contributed by atoms with Crippen LogP contribution in [0.4, 0.5) is 11.6 Å². The number of anilines is 2. The maximum absolute atomic E-state index is 4.62. The molecule has 0 spiro atoms. The Morgan fingerprint density at radius 3 is 2.48 bits per heavy atom. The highest BCUT2D eigenvalue weighted by atomic mass is 79.9. The Labute approximate surface area is 154 Å². The number of halogens is 1. The summed E-state index contributed by atoms with van der Waals surface area (Å²) in [6.07, 6.45) is 3.49. The van der Waals surface area contributed by atoms with Crippen molar-refractivity contribution >= 4 is 38.5 Å². The largest absolute Gasteiger partial charge is 0.323 e. The zero-order valence-electron chi connectivity index (χ0n) is 13.6. The van der Waals surface area contributed by atoms with E-state index in [4.69, 9.17) is 0 Å². The average molecular weight is 391 g/mol. The summed E-state index contributed by atoms with van der Waals surface area (Å²) in [6.45, 7) is 2.00. The van der Waals surface area contributed by atoms with Gasteiger partial charge in [-0.25, -0.2) is 9.97 Å². The predicted octanol–water partition coefficient (Wildman–Crippen LogP) is 5.51. The van der Waals surface area contributed by atoms with Crippen molar-refractivity contribution in [2.75, 3.05) is 5.32 Å². The Morgan fingerprint density at radius 1 is 0.920 bits per heavy atom. The molecule has 0 atom stereocenters. The third-order valence-electron chi connectivity index (χ3n) is 3.98. The van der Waals surface area contributed by atoms with Crippen molar-refractivity contribution in [3.8, 4) is 11.1 Å². The van der Waals surface area contributed by atoms with Crippen LogP contribution in [-0.4, -0.2) is 15.0 Å². The van der Waals surface area contributed by atoms with E-state index in [1.165, 1.54) is 5.56 Å². The highest BCUT2D eigenvalue weighted by Gasteiger charge is 2.07. The van der Waals surface area contributed by atoms with Gasteiger partial charge in [-0.05, 0) is 54.4 Å². The number of aromatic nitrogens is 3. The van der Waals surface area contributed by atoms with Crippen LogP contribution in [0.2, 0.25) is 0 Å². The zero-order chi connectivity index (χ0) is 17.2. The Balaban J connectivity index is 1.73. The Kier molecular flexibility index (Phi) is 4.15. The summed E-state index contributed by atoms with van der Waals surface area (Å²) in [5.41, 5.74) is 5.05. The van der Waals surface area contributed by atoms with Crippen molar-refractivity contribution in [3.63, 3.8) is 0 Å². The molecule has 1 N–H and O–H groups in total. The van der Waals surface area contributed by atoms with Gasteiger partial charge in [0.15, 0.2) is 0 Å². The number of nitrogens with one attached hydrogen (secondary N) is 1. The first-order valence-electron chi connectivity index (χ1n) is 7.90. The number of aryl methyl sites for hydroxylation is 1. The molecule has 0 saturated carbocycles.